The van der Waals surface area contributed by atoms with Gasteiger partial charge in [0.05, 0.1) is 11.3 Å². The molecule has 0 saturated heterocycles. The average molecular weight is 340 g/mol. The maximum atomic E-state index is 14.3. The number of carbonyl (C=O) groups is 1. The van der Waals surface area contributed by atoms with E-state index in [0.717, 1.165) is 0 Å². The number of rotatable bonds is 4. The number of tetrazole rings is 1. The third kappa shape index (κ3) is 3.00. The fraction of sp³-hybridized carbons (Fsp3) is 0.222. The van der Waals surface area contributed by atoms with Crippen LogP contribution in [0, 0.1) is 12.7 Å². The van der Waals surface area contributed by atoms with E-state index >= 15 is 0 Å². The van der Waals surface area contributed by atoms with Crippen molar-refractivity contribution >= 4 is 5.97 Å². The van der Waals surface area contributed by atoms with Crippen LogP contribution >= 0.6 is 0 Å². The quantitative estimate of drug-likeness (QED) is 0.785. The number of aromatic nitrogens is 4. The van der Waals surface area contributed by atoms with Gasteiger partial charge in [-0.25, -0.2) is 9.18 Å². The van der Waals surface area contributed by atoms with Gasteiger partial charge in [-0.2, -0.15) is 4.68 Å². The topological polar surface area (TPSA) is 80.9 Å². The molecule has 0 spiro atoms. The molecule has 2 aromatic carbocycles. The molecule has 0 unspecified atom stereocenters. The predicted octanol–water partition coefficient (Wildman–Crippen LogP) is 3.60. The zero-order valence-corrected chi connectivity index (χ0v) is 14.1. The summed E-state index contributed by atoms with van der Waals surface area (Å²) in [4.78, 5) is 11.7. The maximum absolute atomic E-state index is 14.3. The molecule has 3 rings (SSSR count). The van der Waals surface area contributed by atoms with Crippen LogP contribution in [0.15, 0.2) is 36.4 Å². The molecule has 7 heteroatoms. The lowest BCUT2D eigenvalue weighted by Crippen LogP contribution is -2.09. The van der Waals surface area contributed by atoms with E-state index in [-0.39, 0.29) is 11.5 Å². The smallest absolute Gasteiger partial charge is 0.336 e. The lowest BCUT2D eigenvalue weighted by molar-refractivity contribution is 0.0696. The molecular formula is C18H17FN4O2. The number of carboxylic acid groups (broad SMARTS) is 1. The summed E-state index contributed by atoms with van der Waals surface area (Å²) >= 11 is 0. The van der Waals surface area contributed by atoms with Crippen molar-refractivity contribution in [3.8, 4) is 16.8 Å². The zero-order valence-electron chi connectivity index (χ0n) is 14.1. The first kappa shape index (κ1) is 16.8. The largest absolute Gasteiger partial charge is 0.478 e. The van der Waals surface area contributed by atoms with Gasteiger partial charge in [0, 0.05) is 11.5 Å². The molecule has 1 heterocycles. The molecular weight excluding hydrogens is 323 g/mol. The minimum Gasteiger partial charge on any atom is -0.478 e. The van der Waals surface area contributed by atoms with Gasteiger partial charge in [0.25, 0.3) is 0 Å². The van der Waals surface area contributed by atoms with Gasteiger partial charge in [0.2, 0.25) is 0 Å². The zero-order chi connectivity index (χ0) is 18.1. The Hall–Kier alpha value is -3.09. The molecule has 3 aromatic rings. The number of hydrogen-bond acceptors (Lipinski definition) is 4. The third-order valence-corrected chi connectivity index (χ3v) is 4.04. The molecule has 1 N–H and O–H groups in total. The summed E-state index contributed by atoms with van der Waals surface area (Å²) in [6, 6.07) is 9.48. The molecule has 0 fully saturated rings. The van der Waals surface area contributed by atoms with E-state index in [1.165, 1.54) is 16.8 Å². The van der Waals surface area contributed by atoms with Crippen LogP contribution < -0.4 is 0 Å². The van der Waals surface area contributed by atoms with Crippen LogP contribution in [0.1, 0.15) is 41.5 Å². The normalized spacial score (nSPS) is 11.1. The number of halogens is 1. The van der Waals surface area contributed by atoms with Gasteiger partial charge < -0.3 is 5.11 Å². The van der Waals surface area contributed by atoms with Gasteiger partial charge in [-0.15, -0.1) is 5.10 Å². The molecule has 0 amide bonds. The maximum Gasteiger partial charge on any atom is 0.336 e. The molecule has 0 aliphatic rings. The highest BCUT2D eigenvalue weighted by molar-refractivity contribution is 5.93. The second-order valence-electron chi connectivity index (χ2n) is 6.05. The van der Waals surface area contributed by atoms with Crippen molar-refractivity contribution in [1.82, 2.24) is 20.2 Å². The van der Waals surface area contributed by atoms with Crippen LogP contribution in [0.25, 0.3) is 16.8 Å². The Bertz CT molecular complexity index is 950. The van der Waals surface area contributed by atoms with Gasteiger partial charge >= 0.3 is 5.97 Å². The molecule has 0 radical (unpaired) electrons. The van der Waals surface area contributed by atoms with Gasteiger partial charge in [-0.1, -0.05) is 32.0 Å². The second kappa shape index (κ2) is 6.43. The number of benzene rings is 2. The fourth-order valence-electron chi connectivity index (χ4n) is 2.74. The first-order chi connectivity index (χ1) is 11.9. The molecule has 0 saturated carbocycles. The molecule has 0 bridgehead atoms. The third-order valence-electron chi connectivity index (χ3n) is 4.04. The lowest BCUT2D eigenvalue weighted by atomic mass is 9.95. The number of aromatic carboxylic acids is 1. The van der Waals surface area contributed by atoms with Crippen LogP contribution in [0.2, 0.25) is 0 Å². The van der Waals surface area contributed by atoms with E-state index in [1.807, 2.05) is 13.8 Å². The molecule has 0 aliphatic heterocycles. The highest BCUT2D eigenvalue weighted by Crippen LogP contribution is 2.31. The Labute approximate surface area is 143 Å². The molecule has 25 heavy (non-hydrogen) atoms. The molecule has 128 valence electrons. The molecule has 6 nitrogen and oxygen atoms in total. The number of carboxylic acids is 1. The van der Waals surface area contributed by atoms with Crippen LogP contribution in [0.3, 0.4) is 0 Å². The lowest BCUT2D eigenvalue weighted by Gasteiger charge is -2.14. The van der Waals surface area contributed by atoms with E-state index in [2.05, 4.69) is 15.5 Å². The highest BCUT2D eigenvalue weighted by Gasteiger charge is 2.19. The van der Waals surface area contributed by atoms with Crippen molar-refractivity contribution in [1.29, 1.82) is 0 Å². The van der Waals surface area contributed by atoms with Crippen molar-refractivity contribution in [3.05, 3.63) is 59.2 Å². The summed E-state index contributed by atoms with van der Waals surface area (Å²) in [5.41, 5.74) is 1.89. The average Bonchev–Trinajstić information content (AvgIpc) is 3.05. The van der Waals surface area contributed by atoms with Crippen LogP contribution in [-0.2, 0) is 0 Å². The van der Waals surface area contributed by atoms with Crippen LogP contribution in [0.5, 0.6) is 0 Å². The summed E-state index contributed by atoms with van der Waals surface area (Å²) in [5, 5.41) is 21.2. The minimum absolute atomic E-state index is 0.0430. The molecule has 1 aromatic heterocycles. The summed E-state index contributed by atoms with van der Waals surface area (Å²) in [6.45, 7) is 5.54. The van der Waals surface area contributed by atoms with E-state index < -0.39 is 11.8 Å². The van der Waals surface area contributed by atoms with Gasteiger partial charge in [0.1, 0.15) is 5.82 Å². The van der Waals surface area contributed by atoms with Gasteiger partial charge in [-0.3, -0.25) is 0 Å². The Kier molecular flexibility index (Phi) is 4.31. The fourth-order valence-corrected chi connectivity index (χ4v) is 2.74. The highest BCUT2D eigenvalue weighted by atomic mass is 19.1. The SMILES string of the molecule is Cc1c(C(=O)O)cc(-n2nnnc2C(C)C)cc1-c1ccccc1F. The van der Waals surface area contributed by atoms with Crippen LogP contribution in [-0.4, -0.2) is 31.3 Å². The van der Waals surface area contributed by atoms with Crippen molar-refractivity contribution in [2.24, 2.45) is 0 Å². The van der Waals surface area contributed by atoms with Crippen molar-refractivity contribution in [3.63, 3.8) is 0 Å². The van der Waals surface area contributed by atoms with E-state index in [4.69, 9.17) is 0 Å². The second-order valence-corrected chi connectivity index (χ2v) is 6.05. The first-order valence-electron chi connectivity index (χ1n) is 7.81. The summed E-state index contributed by atoms with van der Waals surface area (Å²) in [7, 11) is 0. The van der Waals surface area contributed by atoms with Gasteiger partial charge in [-0.05, 0) is 46.7 Å². The number of nitrogens with zero attached hydrogens (tertiary/aromatic N) is 4. The standard InChI is InChI=1S/C18H17FN4O2/c1-10(2)17-20-21-22-23(17)12-8-14(11(3)15(9-12)18(24)25)13-6-4-5-7-16(13)19/h4-10H,1-3H3,(H,24,25). The van der Waals surface area contributed by atoms with Crippen molar-refractivity contribution in [2.45, 2.75) is 26.7 Å². The summed E-state index contributed by atoms with van der Waals surface area (Å²) < 4.78 is 15.8. The Morgan fingerprint density at radius 2 is 1.92 bits per heavy atom. The predicted molar refractivity (Wildman–Crippen MR) is 90.3 cm³/mol. The van der Waals surface area contributed by atoms with Crippen molar-refractivity contribution < 1.29 is 14.3 Å². The first-order valence-corrected chi connectivity index (χ1v) is 7.81. The molecule has 0 atom stereocenters. The summed E-state index contributed by atoms with van der Waals surface area (Å²) in [6.07, 6.45) is 0. The van der Waals surface area contributed by atoms with E-state index in [0.29, 0.717) is 28.2 Å². The van der Waals surface area contributed by atoms with E-state index in [9.17, 15) is 14.3 Å². The van der Waals surface area contributed by atoms with Crippen molar-refractivity contribution in [2.75, 3.05) is 0 Å². The Morgan fingerprint density at radius 3 is 2.56 bits per heavy atom. The summed E-state index contributed by atoms with van der Waals surface area (Å²) in [5.74, 6) is -0.864. The Balaban J connectivity index is 2.30. The minimum atomic E-state index is -1.09. The number of hydrogen-bond donors (Lipinski definition) is 1. The Morgan fingerprint density at radius 1 is 1.20 bits per heavy atom. The van der Waals surface area contributed by atoms with E-state index in [1.54, 1.807) is 31.2 Å². The van der Waals surface area contributed by atoms with Crippen LogP contribution in [0.4, 0.5) is 4.39 Å². The molecule has 0 aliphatic carbocycles. The van der Waals surface area contributed by atoms with Gasteiger partial charge in [0.15, 0.2) is 5.82 Å². The monoisotopic (exact) mass is 340 g/mol.